The number of nitrogens with one attached hydrogen (secondary N) is 2. The van der Waals surface area contributed by atoms with E-state index in [4.69, 9.17) is 9.72 Å². The number of carbonyl (C=O) groups excluding carboxylic acids is 1. The number of benzene rings is 1. The Hall–Kier alpha value is -3.51. The third-order valence-electron chi connectivity index (χ3n) is 10.6. The van der Waals surface area contributed by atoms with Crippen LogP contribution in [0.5, 0.6) is 0 Å². The summed E-state index contributed by atoms with van der Waals surface area (Å²) in [7, 11) is 3.58. The van der Waals surface area contributed by atoms with E-state index in [-0.39, 0.29) is 41.9 Å². The monoisotopic (exact) mass is 623 g/mol. The molecule has 7 rings (SSSR count). The van der Waals surface area contributed by atoms with Gasteiger partial charge < -0.3 is 19.9 Å². The molecule has 4 aliphatic rings. The van der Waals surface area contributed by atoms with E-state index >= 15 is 0 Å². The fraction of sp³-hybridized carbons (Fsp3) is 0.576. The number of ether oxygens (including phenoxy) is 1. The van der Waals surface area contributed by atoms with Crippen LogP contribution >= 0.6 is 0 Å². The maximum Gasteiger partial charge on any atom is 0.416 e. The fourth-order valence-corrected chi connectivity index (χ4v) is 7.64. The number of fused-ring (bicyclic) bond motifs is 1. The molecule has 2 N–H and O–H groups in total. The van der Waals surface area contributed by atoms with Gasteiger partial charge in [-0.2, -0.15) is 13.2 Å². The summed E-state index contributed by atoms with van der Waals surface area (Å²) in [5.74, 6) is 1.23. The predicted octanol–water partition coefficient (Wildman–Crippen LogP) is 5.87. The number of amides is 1. The Morgan fingerprint density at radius 2 is 1.84 bits per heavy atom. The first kappa shape index (κ1) is 30.2. The average Bonchev–Trinajstić information content (AvgIpc) is 3.71. The highest BCUT2D eigenvalue weighted by molar-refractivity contribution is 6.10. The molecule has 45 heavy (non-hydrogen) atoms. The van der Waals surface area contributed by atoms with Crippen LogP contribution in [-0.4, -0.2) is 50.5 Å². The largest absolute Gasteiger partial charge is 0.416 e. The van der Waals surface area contributed by atoms with Crippen LogP contribution in [-0.2, 0) is 36.5 Å². The summed E-state index contributed by atoms with van der Waals surface area (Å²) in [4.78, 5) is 20.3. The number of alkyl halides is 3. The highest BCUT2D eigenvalue weighted by atomic mass is 19.4. The standard InChI is InChI=1S/C33H40F3N7O2/c1-31(9-6-10-31)37-17-20-11-24-25(26(12-20)33(34,35)36)18-43(29(24)44)28-14-21(13-27(40-28)39-22-7-4-5-8-22)32(15-23(16-32)45-3)30-41-38-19-42(30)2/h11-14,19,22-23,37H,4-10,15-18H2,1-3H3,(H,39,40). The molecule has 12 heteroatoms. The van der Waals surface area contributed by atoms with Gasteiger partial charge in [-0.25, -0.2) is 4.98 Å². The van der Waals surface area contributed by atoms with Gasteiger partial charge in [-0.15, -0.1) is 10.2 Å². The minimum Gasteiger partial charge on any atom is -0.381 e. The number of carbonyl (C=O) groups is 1. The van der Waals surface area contributed by atoms with Crippen LogP contribution < -0.4 is 15.5 Å². The number of halogens is 3. The Morgan fingerprint density at radius 1 is 1.09 bits per heavy atom. The number of anilines is 2. The summed E-state index contributed by atoms with van der Waals surface area (Å²) in [6.45, 7) is 2.15. The smallest absolute Gasteiger partial charge is 0.381 e. The zero-order valence-corrected chi connectivity index (χ0v) is 26.0. The minimum atomic E-state index is -4.60. The lowest BCUT2D eigenvalue weighted by atomic mass is 9.62. The Morgan fingerprint density at radius 3 is 2.47 bits per heavy atom. The Balaban J connectivity index is 1.28. The number of methoxy groups -OCH3 is 1. The number of aryl methyl sites for hydroxylation is 1. The predicted molar refractivity (Wildman–Crippen MR) is 163 cm³/mol. The van der Waals surface area contributed by atoms with Crippen molar-refractivity contribution in [3.05, 3.63) is 64.2 Å². The highest BCUT2D eigenvalue weighted by Crippen LogP contribution is 2.51. The molecule has 3 saturated carbocycles. The van der Waals surface area contributed by atoms with Crippen LogP contribution in [0.1, 0.15) is 103 Å². The lowest BCUT2D eigenvalue weighted by molar-refractivity contribution is -0.138. The van der Waals surface area contributed by atoms with Gasteiger partial charge in [0, 0.05) is 37.8 Å². The van der Waals surface area contributed by atoms with E-state index < -0.39 is 23.1 Å². The molecule has 3 heterocycles. The zero-order chi connectivity index (χ0) is 31.6. The Kier molecular flexibility index (Phi) is 7.43. The van der Waals surface area contributed by atoms with Gasteiger partial charge in [0.1, 0.15) is 23.8 Å². The number of aromatic nitrogens is 4. The second-order valence-corrected chi connectivity index (χ2v) is 13.7. The molecule has 1 aromatic carbocycles. The number of pyridine rings is 1. The molecule has 3 fully saturated rings. The van der Waals surface area contributed by atoms with Crippen molar-refractivity contribution in [1.82, 2.24) is 25.1 Å². The molecular weight excluding hydrogens is 583 g/mol. The van der Waals surface area contributed by atoms with Gasteiger partial charge in [-0.1, -0.05) is 12.8 Å². The van der Waals surface area contributed by atoms with Crippen molar-refractivity contribution in [2.45, 2.75) is 107 Å². The van der Waals surface area contributed by atoms with E-state index in [1.54, 1.807) is 19.5 Å². The molecule has 1 aliphatic heterocycles. The molecule has 2 aromatic heterocycles. The van der Waals surface area contributed by atoms with E-state index in [0.29, 0.717) is 30.0 Å². The summed E-state index contributed by atoms with van der Waals surface area (Å²) in [6, 6.07) is 6.92. The SMILES string of the molecule is COC1CC(c2cc(NC3CCCC3)nc(N3Cc4c(cc(CNC5(C)CCC5)cc4C(F)(F)F)C3=O)c2)(c2nncn2C)C1. The molecule has 0 spiro atoms. The number of hydrogen-bond acceptors (Lipinski definition) is 7. The van der Waals surface area contributed by atoms with Gasteiger partial charge in [0.2, 0.25) is 0 Å². The minimum absolute atomic E-state index is 0.00489. The first-order chi connectivity index (χ1) is 21.5. The molecule has 0 bridgehead atoms. The maximum atomic E-state index is 14.5. The second kappa shape index (κ2) is 11.1. The Bertz CT molecular complexity index is 1600. The number of rotatable bonds is 9. The van der Waals surface area contributed by atoms with Gasteiger partial charge in [-0.05, 0) is 92.8 Å². The average molecular weight is 624 g/mol. The van der Waals surface area contributed by atoms with E-state index in [9.17, 15) is 18.0 Å². The molecule has 240 valence electrons. The van der Waals surface area contributed by atoms with Crippen LogP contribution in [0.3, 0.4) is 0 Å². The summed E-state index contributed by atoms with van der Waals surface area (Å²) in [5.41, 5.74) is 0.0385. The van der Waals surface area contributed by atoms with E-state index in [1.807, 2.05) is 23.7 Å². The van der Waals surface area contributed by atoms with Crippen molar-refractivity contribution in [2.75, 3.05) is 17.3 Å². The fourth-order valence-electron chi connectivity index (χ4n) is 7.64. The van der Waals surface area contributed by atoms with Gasteiger partial charge in [-0.3, -0.25) is 9.69 Å². The van der Waals surface area contributed by atoms with Crippen LogP contribution in [0, 0.1) is 0 Å². The van der Waals surface area contributed by atoms with Gasteiger partial charge in [0.25, 0.3) is 5.91 Å². The number of nitrogens with zero attached hydrogens (tertiary/aromatic N) is 5. The van der Waals surface area contributed by atoms with Gasteiger partial charge in [0.15, 0.2) is 0 Å². The van der Waals surface area contributed by atoms with Crippen molar-refractivity contribution in [3.8, 4) is 0 Å². The second-order valence-electron chi connectivity index (χ2n) is 13.7. The van der Waals surface area contributed by atoms with Crippen molar-refractivity contribution in [1.29, 1.82) is 0 Å². The molecule has 0 radical (unpaired) electrons. The van der Waals surface area contributed by atoms with Crippen molar-refractivity contribution in [3.63, 3.8) is 0 Å². The van der Waals surface area contributed by atoms with Crippen molar-refractivity contribution in [2.24, 2.45) is 7.05 Å². The van der Waals surface area contributed by atoms with Crippen molar-refractivity contribution < 1.29 is 22.7 Å². The molecule has 1 amide bonds. The summed E-state index contributed by atoms with van der Waals surface area (Å²) < 4.78 is 50.9. The molecule has 3 aliphatic carbocycles. The Labute approximate surface area is 260 Å². The third-order valence-corrected chi connectivity index (χ3v) is 10.6. The van der Waals surface area contributed by atoms with Gasteiger partial charge >= 0.3 is 6.18 Å². The molecule has 0 unspecified atom stereocenters. The van der Waals surface area contributed by atoms with Crippen molar-refractivity contribution >= 4 is 17.5 Å². The van der Waals surface area contributed by atoms with Crippen LogP contribution in [0.25, 0.3) is 0 Å². The molecule has 0 saturated heterocycles. The lowest BCUT2D eigenvalue weighted by Gasteiger charge is -2.46. The molecule has 9 nitrogen and oxygen atoms in total. The van der Waals surface area contributed by atoms with Crippen LogP contribution in [0.2, 0.25) is 0 Å². The zero-order valence-electron chi connectivity index (χ0n) is 26.0. The first-order valence-electron chi connectivity index (χ1n) is 15.9. The summed E-state index contributed by atoms with van der Waals surface area (Å²) in [6.07, 6.45) is 5.74. The highest BCUT2D eigenvalue weighted by Gasteiger charge is 2.51. The number of hydrogen-bond donors (Lipinski definition) is 2. The molecule has 0 atom stereocenters. The lowest BCUT2D eigenvalue weighted by Crippen LogP contribution is -2.48. The molecular formula is C33H40F3N7O2. The maximum absolute atomic E-state index is 14.5. The van der Waals surface area contributed by atoms with E-state index in [1.165, 1.54) is 11.0 Å². The summed E-state index contributed by atoms with van der Waals surface area (Å²) >= 11 is 0. The summed E-state index contributed by atoms with van der Waals surface area (Å²) in [5, 5.41) is 15.6. The van der Waals surface area contributed by atoms with E-state index in [2.05, 4.69) is 27.8 Å². The van der Waals surface area contributed by atoms with Crippen LogP contribution in [0.15, 0.2) is 30.6 Å². The topological polar surface area (TPSA) is 97.2 Å². The third kappa shape index (κ3) is 5.39. The quantitative estimate of drug-likeness (QED) is 0.308. The van der Waals surface area contributed by atoms with Gasteiger partial charge in [0.05, 0.1) is 23.6 Å². The van der Waals surface area contributed by atoms with E-state index in [0.717, 1.165) is 56.3 Å². The van der Waals surface area contributed by atoms with Crippen LogP contribution in [0.4, 0.5) is 24.8 Å². The normalized spacial score (nSPS) is 24.4. The molecule has 3 aromatic rings. The first-order valence-corrected chi connectivity index (χ1v) is 15.9.